The molecule has 18 heteroatoms. The van der Waals surface area contributed by atoms with Gasteiger partial charge in [0.05, 0.1) is 36.3 Å². The SMILES string of the molecule is O=C1c2ccc3c4c5ccc(c24)C(=O)N1C1CCCC[C@@H]1N1C(=O)c2ccc4c6c(ccc(c26)C1=O)C(=O)N(C4=O)[C@H]1CCCC[C@@H]1N1C(=O)c2ccc4c6ccc7c8c(ccc(c9ccc(c2c49)C1=O)c86)C(=O)N(C7=O)C1CCCC[C@@H]1N(C3=O)C5=O. The van der Waals surface area contributed by atoms with Crippen LogP contribution in [0.25, 0.3) is 64.6 Å². The van der Waals surface area contributed by atoms with Gasteiger partial charge in [0.15, 0.2) is 0 Å². The second-order valence-electron chi connectivity index (χ2n) is 25.4. The van der Waals surface area contributed by atoms with Gasteiger partial charge in [-0.1, -0.05) is 62.8 Å². The van der Waals surface area contributed by atoms with Crippen LogP contribution in [-0.2, 0) is 0 Å². The van der Waals surface area contributed by atoms with Crippen LogP contribution in [0, 0.1) is 0 Å². The van der Waals surface area contributed by atoms with Gasteiger partial charge in [0, 0.05) is 99.1 Å². The lowest BCUT2D eigenvalue weighted by Crippen LogP contribution is -2.61. The lowest BCUT2D eigenvalue weighted by atomic mass is 9.79. The summed E-state index contributed by atoms with van der Waals surface area (Å²) in [4.78, 5) is 190. The van der Waals surface area contributed by atoms with E-state index in [0.29, 0.717) is 94.5 Å². The zero-order chi connectivity index (χ0) is 59.5. The predicted molar refractivity (Wildman–Crippen MR) is 317 cm³/mol. The van der Waals surface area contributed by atoms with Gasteiger partial charge in [0.25, 0.3) is 70.9 Å². The molecule has 30 bridgehead atoms. The Bertz CT molecular complexity index is 4560. The molecule has 9 aromatic carbocycles. The van der Waals surface area contributed by atoms with E-state index >= 15 is 57.5 Å². The number of benzene rings is 9. The molecule has 12 amide bonds. The van der Waals surface area contributed by atoms with E-state index in [2.05, 4.69) is 0 Å². The van der Waals surface area contributed by atoms with E-state index in [9.17, 15) is 0 Å². The van der Waals surface area contributed by atoms with E-state index in [1.165, 1.54) is 58.3 Å². The van der Waals surface area contributed by atoms with Gasteiger partial charge in [-0.2, -0.15) is 0 Å². The summed E-state index contributed by atoms with van der Waals surface area (Å²) < 4.78 is 0. The van der Waals surface area contributed by atoms with Crippen LogP contribution < -0.4 is 0 Å². The van der Waals surface area contributed by atoms with E-state index in [0.717, 1.165) is 19.6 Å². The molecule has 34 aliphatic heterocycles. The van der Waals surface area contributed by atoms with Crippen LogP contribution >= 0.6 is 0 Å². The number of nitrogens with zero attached hydrogens (tertiary/aromatic N) is 6. The molecule has 9 aromatic rings. The highest BCUT2D eigenvalue weighted by Crippen LogP contribution is 2.50. The molecule has 34 heterocycles. The van der Waals surface area contributed by atoms with E-state index in [1.807, 2.05) is 24.3 Å². The summed E-state index contributed by atoms with van der Waals surface area (Å²) in [6.07, 6.45) is 5.02. The first kappa shape index (κ1) is 49.9. The van der Waals surface area contributed by atoms with Crippen LogP contribution in [-0.4, -0.2) is 137 Å². The highest BCUT2D eigenvalue weighted by molar-refractivity contribution is 6.42. The van der Waals surface area contributed by atoms with Gasteiger partial charge >= 0.3 is 0 Å². The summed E-state index contributed by atoms with van der Waals surface area (Å²) in [7, 11) is 0. The van der Waals surface area contributed by atoms with Gasteiger partial charge in [-0.3, -0.25) is 86.9 Å². The van der Waals surface area contributed by atoms with Gasteiger partial charge in [0.1, 0.15) is 0 Å². The quantitative estimate of drug-likeness (QED) is 0.0786. The molecule has 2 unspecified atom stereocenters. The molecule has 428 valence electrons. The fourth-order valence-electron chi connectivity index (χ4n) is 18.0. The maximum atomic E-state index is 15.4. The largest absolute Gasteiger partial charge is 0.269 e. The third kappa shape index (κ3) is 5.75. The van der Waals surface area contributed by atoms with Crippen molar-refractivity contribution in [3.05, 3.63) is 164 Å². The molecular formula is C70H46N6O12. The first-order chi connectivity index (χ1) is 42.7. The van der Waals surface area contributed by atoms with Crippen LogP contribution in [0.1, 0.15) is 201 Å². The maximum absolute atomic E-state index is 15.4. The third-order valence-corrected chi connectivity index (χ3v) is 21.7. The Kier molecular flexibility index (Phi) is 9.51. The van der Waals surface area contributed by atoms with E-state index < -0.39 is 107 Å². The Morgan fingerprint density at radius 3 is 0.455 bits per heavy atom. The minimum atomic E-state index is -1.02. The van der Waals surface area contributed by atoms with Crippen molar-refractivity contribution in [1.82, 2.24) is 29.4 Å². The number of rotatable bonds is 0. The van der Waals surface area contributed by atoms with Crippen molar-refractivity contribution in [2.45, 2.75) is 113 Å². The highest BCUT2D eigenvalue weighted by atomic mass is 16.2. The van der Waals surface area contributed by atoms with Crippen molar-refractivity contribution in [2.75, 3.05) is 0 Å². The number of carbonyl (C=O) groups excluding carboxylic acids is 12. The van der Waals surface area contributed by atoms with Gasteiger partial charge in [-0.05, 0) is 144 Å². The smallest absolute Gasteiger partial charge is 0.261 e. The van der Waals surface area contributed by atoms with Crippen molar-refractivity contribution in [1.29, 1.82) is 0 Å². The maximum Gasteiger partial charge on any atom is 0.261 e. The Balaban J connectivity index is 0.808. The number of hydrogen-bond donors (Lipinski definition) is 0. The molecule has 6 atom stereocenters. The van der Waals surface area contributed by atoms with Gasteiger partial charge in [0.2, 0.25) is 0 Å². The second kappa shape index (κ2) is 16.8. The summed E-state index contributed by atoms with van der Waals surface area (Å²) in [5.74, 6) is -8.12. The van der Waals surface area contributed by atoms with Crippen LogP contribution in [0.2, 0.25) is 0 Å². The summed E-state index contributed by atoms with van der Waals surface area (Å²) in [5.41, 5.74) is 1.44. The summed E-state index contributed by atoms with van der Waals surface area (Å²) in [5, 5.41) is 5.36. The highest BCUT2D eigenvalue weighted by Gasteiger charge is 2.54. The van der Waals surface area contributed by atoms with E-state index in [-0.39, 0.29) is 114 Å². The molecule has 0 aromatic heterocycles. The van der Waals surface area contributed by atoms with Crippen molar-refractivity contribution in [2.24, 2.45) is 0 Å². The number of hydrogen-bond acceptors (Lipinski definition) is 12. The normalized spacial score (nSPS) is 24.6. The van der Waals surface area contributed by atoms with Crippen molar-refractivity contribution < 1.29 is 57.5 Å². The zero-order valence-electron chi connectivity index (χ0n) is 46.8. The summed E-state index contributed by atoms with van der Waals surface area (Å²) in [6, 6.07) is 20.0. The summed E-state index contributed by atoms with van der Waals surface area (Å²) in [6.45, 7) is 0. The Morgan fingerprint density at radius 2 is 0.307 bits per heavy atom. The molecule has 37 aliphatic rings. The molecule has 88 heavy (non-hydrogen) atoms. The molecule has 0 saturated heterocycles. The lowest BCUT2D eigenvalue weighted by molar-refractivity contribution is 0.0236. The zero-order valence-corrected chi connectivity index (χ0v) is 46.8. The Labute approximate surface area is 497 Å². The monoisotopic (exact) mass is 1160 g/mol. The molecule has 46 rings (SSSR count). The average Bonchev–Trinajstić information content (AvgIpc) is 1.17. The lowest BCUT2D eigenvalue weighted by Gasteiger charge is -2.46. The molecule has 18 nitrogen and oxygen atoms in total. The van der Waals surface area contributed by atoms with Crippen molar-refractivity contribution in [3.8, 4) is 0 Å². The number of amides is 12. The molecule has 3 aliphatic carbocycles. The Morgan fingerprint density at radius 1 is 0.182 bits per heavy atom. The molecule has 3 fully saturated rings. The van der Waals surface area contributed by atoms with Crippen LogP contribution in [0.5, 0.6) is 0 Å². The first-order valence-electron chi connectivity index (χ1n) is 30.4. The second-order valence-corrected chi connectivity index (χ2v) is 25.4. The number of carbonyl (C=O) groups is 12. The van der Waals surface area contributed by atoms with Crippen molar-refractivity contribution in [3.63, 3.8) is 0 Å². The van der Waals surface area contributed by atoms with Crippen LogP contribution in [0.15, 0.2) is 97.1 Å². The van der Waals surface area contributed by atoms with Gasteiger partial charge in [-0.15, -0.1) is 0 Å². The molecule has 3 saturated carbocycles. The topological polar surface area (TPSA) is 224 Å². The Hall–Kier alpha value is -10.4. The third-order valence-electron chi connectivity index (χ3n) is 21.7. The number of imide groups is 6. The van der Waals surface area contributed by atoms with Crippen molar-refractivity contribution >= 4 is 136 Å². The van der Waals surface area contributed by atoms with Crippen LogP contribution in [0.4, 0.5) is 0 Å². The van der Waals surface area contributed by atoms with Gasteiger partial charge < -0.3 is 0 Å². The molecule has 0 spiro atoms. The molecule has 0 radical (unpaired) electrons. The first-order valence-corrected chi connectivity index (χ1v) is 30.4. The average molecular weight is 1160 g/mol. The van der Waals surface area contributed by atoms with Crippen LogP contribution in [0.3, 0.4) is 0 Å². The predicted octanol–water partition coefficient (Wildman–Crippen LogP) is 9.97. The molecular weight excluding hydrogens is 1120 g/mol. The summed E-state index contributed by atoms with van der Waals surface area (Å²) >= 11 is 0. The minimum absolute atomic E-state index is 0.0474. The fraction of sp³-hybridized carbons (Fsp3) is 0.257. The minimum Gasteiger partial charge on any atom is -0.269 e. The standard InChI is InChI=1S/C70H46N6O12/c77-59-33-17-13-29-31-15-19-35-54-36-20-16-32(52(31)54)30-14-18-34(53(33)51(29)30)60(78)71(59)45-7-1-3-9-47(45)73-63(81)37-21-25-41-57-42(26-22-38(55(37)57)64(73)82)68(86)75(67(41)85)49-11-5-6-12-50(49)76-69(87)43-27-23-39-56-40(24-28-44(58(43)56)70(76)88)66(84)74(65(39)83)48-10-4-2-8-46(48)72(61(35)79)62(36)80/h13-28,45-50H,1-12H2/t45-,46?,47-,48-,49-,50?/m0/s1. The molecule has 0 N–H and O–H groups in total. The van der Waals surface area contributed by atoms with E-state index in [1.54, 1.807) is 24.3 Å². The van der Waals surface area contributed by atoms with Gasteiger partial charge in [-0.25, -0.2) is 0 Å². The van der Waals surface area contributed by atoms with E-state index in [4.69, 9.17) is 0 Å². The fourth-order valence-corrected chi connectivity index (χ4v) is 18.0.